The molecule has 2 aromatic heterocycles. The van der Waals surface area contributed by atoms with Crippen LogP contribution in [0.25, 0.3) is 21.5 Å². The molecule has 0 saturated heterocycles. The standard InChI is InChI=1S/2C21H12F6N2O3/c2*22-20(23,24)12-3-1-2-11(8-12)19(21(25,26)27)9-17(29-32-19)14-4-5-15(18(30)31)16-10-28-7-6-13(14)16/h2*1-8,10H,9H2,(H,30,31). The van der Waals surface area contributed by atoms with Crippen molar-refractivity contribution in [1.82, 2.24) is 9.97 Å². The Morgan fingerprint density at radius 1 is 0.516 bits per heavy atom. The number of benzene rings is 4. The second-order valence-corrected chi connectivity index (χ2v) is 14.2. The molecule has 10 nitrogen and oxygen atoms in total. The van der Waals surface area contributed by atoms with Gasteiger partial charge in [0.2, 0.25) is 0 Å². The molecule has 2 atom stereocenters. The number of pyridine rings is 2. The molecule has 22 heteroatoms. The van der Waals surface area contributed by atoms with Gasteiger partial charge in [-0.3, -0.25) is 9.97 Å². The van der Waals surface area contributed by atoms with Gasteiger partial charge in [0, 0.05) is 70.7 Å². The highest BCUT2D eigenvalue weighted by molar-refractivity contribution is 6.16. The number of carbonyl (C=O) groups is 2. The number of carboxylic acid groups (broad SMARTS) is 2. The summed E-state index contributed by atoms with van der Waals surface area (Å²) in [5.74, 6) is -2.51. The summed E-state index contributed by atoms with van der Waals surface area (Å²) in [5.41, 5.74) is -10.5. The van der Waals surface area contributed by atoms with Crippen LogP contribution in [0.2, 0.25) is 0 Å². The maximum absolute atomic E-state index is 14.1. The van der Waals surface area contributed by atoms with Crippen molar-refractivity contribution in [3.63, 3.8) is 0 Å². The zero-order valence-electron chi connectivity index (χ0n) is 31.7. The van der Waals surface area contributed by atoms with Crippen LogP contribution < -0.4 is 0 Å². The Labute approximate surface area is 350 Å². The monoisotopic (exact) mass is 908 g/mol. The third kappa shape index (κ3) is 7.98. The Morgan fingerprint density at radius 3 is 1.22 bits per heavy atom. The largest absolute Gasteiger partial charge is 0.478 e. The predicted molar refractivity (Wildman–Crippen MR) is 200 cm³/mol. The highest BCUT2D eigenvalue weighted by Crippen LogP contribution is 2.51. The molecule has 0 fully saturated rings. The van der Waals surface area contributed by atoms with Crippen molar-refractivity contribution in [3.05, 3.63) is 154 Å². The molecule has 0 bridgehead atoms. The van der Waals surface area contributed by atoms with E-state index in [0.717, 1.165) is 24.3 Å². The number of aromatic carboxylic acids is 2. The first kappa shape index (κ1) is 44.8. The molecule has 0 aliphatic carbocycles. The number of alkyl halides is 12. The first-order chi connectivity index (χ1) is 29.9. The zero-order chi connectivity index (χ0) is 46.6. The zero-order valence-corrected chi connectivity index (χ0v) is 31.7. The van der Waals surface area contributed by atoms with Crippen LogP contribution in [0.15, 0.2) is 120 Å². The molecule has 4 aromatic carbocycles. The molecular formula is C42H24F12N4O6. The first-order valence-corrected chi connectivity index (χ1v) is 18.1. The maximum Gasteiger partial charge on any atom is 0.435 e. The van der Waals surface area contributed by atoms with E-state index in [4.69, 9.17) is 9.68 Å². The number of oxime groups is 2. The molecule has 0 radical (unpaired) electrons. The number of halogens is 12. The Hall–Kier alpha value is -7.26. The van der Waals surface area contributed by atoms with Gasteiger partial charge in [0.05, 0.1) is 33.7 Å². The van der Waals surface area contributed by atoms with Crippen molar-refractivity contribution in [3.8, 4) is 0 Å². The Balaban J connectivity index is 0.000000191. The van der Waals surface area contributed by atoms with Gasteiger partial charge in [-0.25, -0.2) is 9.59 Å². The van der Waals surface area contributed by atoms with Gasteiger partial charge in [-0.05, 0) is 59.3 Å². The van der Waals surface area contributed by atoms with Gasteiger partial charge >= 0.3 is 36.6 Å². The molecule has 64 heavy (non-hydrogen) atoms. The van der Waals surface area contributed by atoms with E-state index in [0.29, 0.717) is 24.3 Å². The van der Waals surface area contributed by atoms with Crippen LogP contribution in [0.4, 0.5) is 52.7 Å². The summed E-state index contributed by atoms with van der Waals surface area (Å²) in [4.78, 5) is 40.2. The van der Waals surface area contributed by atoms with Crippen LogP contribution in [0.1, 0.15) is 66.9 Å². The molecule has 0 saturated carbocycles. The number of hydrogen-bond acceptors (Lipinski definition) is 8. The van der Waals surface area contributed by atoms with Gasteiger partial charge in [0.25, 0.3) is 11.2 Å². The molecule has 8 rings (SSSR count). The lowest BCUT2D eigenvalue weighted by atomic mass is 9.85. The minimum Gasteiger partial charge on any atom is -0.478 e. The van der Waals surface area contributed by atoms with Gasteiger partial charge in [-0.1, -0.05) is 46.7 Å². The second-order valence-electron chi connectivity index (χ2n) is 14.2. The molecule has 4 heterocycles. The fraction of sp³-hybridized carbons (Fsp3) is 0.190. The fourth-order valence-corrected chi connectivity index (χ4v) is 7.25. The molecule has 2 aliphatic rings. The summed E-state index contributed by atoms with van der Waals surface area (Å²) in [6, 6.07) is 13.4. The van der Waals surface area contributed by atoms with E-state index >= 15 is 0 Å². The average Bonchev–Trinajstić information content (AvgIpc) is 3.91. The normalized spacial score (nSPS) is 19.0. The van der Waals surface area contributed by atoms with Crippen LogP contribution in [-0.2, 0) is 33.2 Å². The van der Waals surface area contributed by atoms with Crippen molar-refractivity contribution in [1.29, 1.82) is 0 Å². The predicted octanol–water partition coefficient (Wildman–Crippen LogP) is 11.1. The lowest BCUT2D eigenvalue weighted by Gasteiger charge is -2.30. The van der Waals surface area contributed by atoms with Crippen LogP contribution in [0, 0.1) is 0 Å². The smallest absolute Gasteiger partial charge is 0.435 e. The molecule has 2 aliphatic heterocycles. The number of hydrogen-bond donors (Lipinski definition) is 2. The van der Waals surface area contributed by atoms with Crippen LogP contribution >= 0.6 is 0 Å². The Kier molecular flexibility index (Phi) is 11.1. The van der Waals surface area contributed by atoms with Gasteiger partial charge < -0.3 is 19.9 Å². The highest BCUT2D eigenvalue weighted by atomic mass is 19.4. The van der Waals surface area contributed by atoms with Crippen molar-refractivity contribution < 1.29 is 82.2 Å². The van der Waals surface area contributed by atoms with E-state index in [2.05, 4.69) is 20.3 Å². The quantitative estimate of drug-likeness (QED) is 0.157. The van der Waals surface area contributed by atoms with E-state index in [1.54, 1.807) is 0 Å². The van der Waals surface area contributed by atoms with Crippen molar-refractivity contribution in [2.24, 2.45) is 10.3 Å². The number of carboxylic acids is 2. The first-order valence-electron chi connectivity index (χ1n) is 18.1. The van der Waals surface area contributed by atoms with Crippen LogP contribution in [0.5, 0.6) is 0 Å². The second kappa shape index (κ2) is 15.8. The third-order valence-electron chi connectivity index (χ3n) is 10.4. The van der Waals surface area contributed by atoms with E-state index in [9.17, 15) is 72.5 Å². The molecule has 0 spiro atoms. The van der Waals surface area contributed by atoms with Crippen LogP contribution in [-0.4, -0.2) is 55.9 Å². The number of aromatic nitrogens is 2. The average molecular weight is 909 g/mol. The lowest BCUT2D eigenvalue weighted by Crippen LogP contribution is -2.42. The van der Waals surface area contributed by atoms with Crippen molar-refractivity contribution >= 4 is 44.9 Å². The van der Waals surface area contributed by atoms with Gasteiger partial charge in [-0.2, -0.15) is 52.7 Å². The maximum atomic E-state index is 14.1. The van der Waals surface area contributed by atoms with E-state index in [-0.39, 0.29) is 55.2 Å². The van der Waals surface area contributed by atoms with E-state index in [1.807, 2.05) is 0 Å². The minimum atomic E-state index is -5.10. The molecule has 0 amide bonds. The molecule has 332 valence electrons. The molecular weight excluding hydrogens is 884 g/mol. The third-order valence-corrected chi connectivity index (χ3v) is 10.4. The summed E-state index contributed by atoms with van der Waals surface area (Å²) in [7, 11) is 0. The SMILES string of the molecule is O=C(O)c1ccc(C2=NOC(c3cccc(C(F)(F)F)c3)(C(F)(F)F)C2)c2ccncc12.O=C(O)c1ccc(C2=NOC(c3cccc(C(F)(F)F)c3)(C(F)(F)F)C2)c2ccncc12. The summed E-state index contributed by atoms with van der Waals surface area (Å²) in [6.07, 6.45) is -16.5. The van der Waals surface area contributed by atoms with Crippen molar-refractivity contribution in [2.45, 2.75) is 48.7 Å². The summed E-state index contributed by atoms with van der Waals surface area (Å²) in [6.45, 7) is 0. The van der Waals surface area contributed by atoms with Gasteiger partial charge in [0.1, 0.15) is 0 Å². The van der Waals surface area contributed by atoms with E-state index < -0.39 is 82.9 Å². The fourth-order valence-electron chi connectivity index (χ4n) is 7.25. The molecule has 6 aromatic rings. The van der Waals surface area contributed by atoms with Crippen LogP contribution in [0.3, 0.4) is 0 Å². The number of fused-ring (bicyclic) bond motifs is 2. The summed E-state index contributed by atoms with van der Waals surface area (Å²) < 4.78 is 163. The summed E-state index contributed by atoms with van der Waals surface area (Å²) >= 11 is 0. The number of rotatable bonds is 6. The summed E-state index contributed by atoms with van der Waals surface area (Å²) in [5, 5.41) is 26.7. The van der Waals surface area contributed by atoms with E-state index in [1.165, 1.54) is 61.2 Å². The Bertz CT molecular complexity index is 2700. The lowest BCUT2D eigenvalue weighted by molar-refractivity contribution is -0.276. The topological polar surface area (TPSA) is 144 Å². The Morgan fingerprint density at radius 2 is 0.891 bits per heavy atom. The van der Waals surface area contributed by atoms with Gasteiger partial charge in [-0.15, -0.1) is 0 Å². The van der Waals surface area contributed by atoms with Gasteiger partial charge in [0.15, 0.2) is 0 Å². The minimum absolute atomic E-state index is 0.115. The molecule has 2 unspecified atom stereocenters. The highest BCUT2D eigenvalue weighted by Gasteiger charge is 2.64. The number of nitrogens with zero attached hydrogens (tertiary/aromatic N) is 4. The van der Waals surface area contributed by atoms with Crippen molar-refractivity contribution in [2.75, 3.05) is 0 Å². The molecule has 2 N–H and O–H groups in total.